The molecule has 1 aromatic rings. The molecule has 2 aliphatic heterocycles. The zero-order valence-corrected chi connectivity index (χ0v) is 15.0. The molecular weight excluding hydrogens is 330 g/mol. The van der Waals surface area contributed by atoms with Gasteiger partial charge in [0.05, 0.1) is 6.10 Å². The maximum Gasteiger partial charge on any atom is 0.223 e. The molecule has 2 heterocycles. The molecule has 23 heavy (non-hydrogen) atoms. The number of thioether (sulfide) groups is 1. The molecule has 3 rings (SSSR count). The summed E-state index contributed by atoms with van der Waals surface area (Å²) in [7, 11) is 0. The van der Waals surface area contributed by atoms with E-state index in [4.69, 9.17) is 16.3 Å². The van der Waals surface area contributed by atoms with Gasteiger partial charge in [0, 0.05) is 36.4 Å². The maximum atomic E-state index is 12.8. The Hall–Kier alpha value is -0.710. The minimum Gasteiger partial charge on any atom is -0.376 e. The van der Waals surface area contributed by atoms with Gasteiger partial charge in [-0.1, -0.05) is 29.8 Å². The summed E-state index contributed by atoms with van der Waals surface area (Å²) >= 11 is 8.15. The molecule has 0 N–H and O–H groups in total. The Labute approximate surface area is 147 Å². The molecule has 2 saturated heterocycles. The van der Waals surface area contributed by atoms with Crippen molar-refractivity contribution >= 4 is 29.3 Å². The van der Waals surface area contributed by atoms with E-state index in [0.29, 0.717) is 18.9 Å². The lowest BCUT2D eigenvalue weighted by molar-refractivity contribution is -0.134. The first kappa shape index (κ1) is 17.1. The van der Waals surface area contributed by atoms with Gasteiger partial charge in [0.1, 0.15) is 0 Å². The van der Waals surface area contributed by atoms with Crippen molar-refractivity contribution in [3.63, 3.8) is 0 Å². The van der Waals surface area contributed by atoms with Crippen molar-refractivity contribution in [3.8, 4) is 0 Å². The van der Waals surface area contributed by atoms with Crippen LogP contribution in [0, 0.1) is 0 Å². The Balaban J connectivity index is 1.60. The SMILES string of the molecule is O=C(CCc1ccccc1Cl)N(CC1CCCO1)C1CCSC1. The normalized spacial score (nSPS) is 24.0. The highest BCUT2D eigenvalue weighted by molar-refractivity contribution is 7.99. The average molecular weight is 354 g/mol. The number of ether oxygens (including phenoxy) is 1. The minimum atomic E-state index is 0.227. The Morgan fingerprint density at radius 2 is 2.22 bits per heavy atom. The van der Waals surface area contributed by atoms with Crippen LogP contribution >= 0.6 is 23.4 Å². The first-order valence-corrected chi connectivity index (χ1v) is 9.99. The average Bonchev–Trinajstić information content (AvgIpc) is 3.25. The Bertz CT molecular complexity index is 528. The molecule has 0 bridgehead atoms. The van der Waals surface area contributed by atoms with Gasteiger partial charge in [-0.3, -0.25) is 4.79 Å². The topological polar surface area (TPSA) is 29.5 Å². The molecular formula is C18H24ClNO2S. The standard InChI is InChI=1S/C18H24ClNO2S/c19-17-6-2-1-4-14(17)7-8-18(21)20(15-9-11-23-13-15)12-16-5-3-10-22-16/h1-2,4,6,15-16H,3,5,7-13H2. The number of amides is 1. The van der Waals surface area contributed by atoms with Gasteiger partial charge in [-0.05, 0) is 43.1 Å². The second-order valence-electron chi connectivity index (χ2n) is 6.29. The number of benzene rings is 1. The lowest BCUT2D eigenvalue weighted by Crippen LogP contribution is -2.44. The van der Waals surface area contributed by atoms with Crippen LogP contribution < -0.4 is 0 Å². The third-order valence-corrected chi connectivity index (χ3v) is 6.17. The zero-order valence-electron chi connectivity index (χ0n) is 13.4. The van der Waals surface area contributed by atoms with Crippen molar-refractivity contribution in [1.82, 2.24) is 4.90 Å². The molecule has 2 atom stereocenters. The van der Waals surface area contributed by atoms with E-state index in [1.165, 1.54) is 0 Å². The van der Waals surface area contributed by atoms with Gasteiger partial charge in [0.25, 0.3) is 0 Å². The summed E-state index contributed by atoms with van der Waals surface area (Å²) in [4.78, 5) is 14.9. The van der Waals surface area contributed by atoms with E-state index in [1.54, 1.807) is 0 Å². The fourth-order valence-corrected chi connectivity index (χ4v) is 4.77. The quantitative estimate of drug-likeness (QED) is 0.779. The second-order valence-corrected chi connectivity index (χ2v) is 7.85. The summed E-state index contributed by atoms with van der Waals surface area (Å²) in [6.45, 7) is 1.60. The first-order chi connectivity index (χ1) is 11.2. The van der Waals surface area contributed by atoms with Gasteiger partial charge in [-0.2, -0.15) is 11.8 Å². The molecule has 2 unspecified atom stereocenters. The van der Waals surface area contributed by atoms with Gasteiger partial charge in [-0.15, -0.1) is 0 Å². The van der Waals surface area contributed by atoms with E-state index >= 15 is 0 Å². The molecule has 5 heteroatoms. The molecule has 0 aromatic heterocycles. The zero-order chi connectivity index (χ0) is 16.1. The molecule has 1 amide bonds. The van der Waals surface area contributed by atoms with Crippen LogP contribution in [0.5, 0.6) is 0 Å². The molecule has 2 aliphatic rings. The van der Waals surface area contributed by atoms with E-state index in [2.05, 4.69) is 4.90 Å². The third-order valence-electron chi connectivity index (χ3n) is 4.66. The predicted molar refractivity (Wildman–Crippen MR) is 96.2 cm³/mol. The number of hydrogen-bond donors (Lipinski definition) is 0. The molecule has 1 aromatic carbocycles. The monoisotopic (exact) mass is 353 g/mol. The van der Waals surface area contributed by atoms with E-state index in [0.717, 1.165) is 54.5 Å². The number of aryl methyl sites for hydroxylation is 1. The van der Waals surface area contributed by atoms with Crippen LogP contribution in [0.2, 0.25) is 5.02 Å². The van der Waals surface area contributed by atoms with Crippen molar-refractivity contribution < 1.29 is 9.53 Å². The molecule has 0 saturated carbocycles. The summed E-state index contributed by atoms with van der Waals surface area (Å²) in [5.74, 6) is 2.46. The van der Waals surface area contributed by atoms with Gasteiger partial charge < -0.3 is 9.64 Å². The number of rotatable bonds is 6. The number of carbonyl (C=O) groups is 1. The van der Waals surface area contributed by atoms with Crippen LogP contribution in [0.4, 0.5) is 0 Å². The number of nitrogens with zero attached hydrogens (tertiary/aromatic N) is 1. The molecule has 0 radical (unpaired) electrons. The lowest BCUT2D eigenvalue weighted by Gasteiger charge is -2.31. The summed E-state index contributed by atoms with van der Waals surface area (Å²) in [5, 5.41) is 0.752. The van der Waals surface area contributed by atoms with E-state index in [1.807, 2.05) is 36.0 Å². The van der Waals surface area contributed by atoms with E-state index < -0.39 is 0 Å². The molecule has 0 spiro atoms. The highest BCUT2D eigenvalue weighted by atomic mass is 35.5. The molecule has 126 valence electrons. The Morgan fingerprint density at radius 3 is 2.91 bits per heavy atom. The lowest BCUT2D eigenvalue weighted by atomic mass is 10.1. The minimum absolute atomic E-state index is 0.227. The number of carbonyl (C=O) groups excluding carboxylic acids is 1. The summed E-state index contributed by atoms with van der Waals surface area (Å²) in [5.41, 5.74) is 1.06. The summed E-state index contributed by atoms with van der Waals surface area (Å²) < 4.78 is 5.75. The highest BCUT2D eigenvalue weighted by Crippen LogP contribution is 2.26. The van der Waals surface area contributed by atoms with Crippen LogP contribution in [-0.2, 0) is 16.0 Å². The van der Waals surface area contributed by atoms with Crippen LogP contribution in [0.1, 0.15) is 31.2 Å². The van der Waals surface area contributed by atoms with Gasteiger partial charge in [0.15, 0.2) is 0 Å². The second kappa shape index (κ2) is 8.41. The van der Waals surface area contributed by atoms with Crippen LogP contribution in [0.25, 0.3) is 0 Å². The van der Waals surface area contributed by atoms with Gasteiger partial charge in [0.2, 0.25) is 5.91 Å². The summed E-state index contributed by atoms with van der Waals surface area (Å²) in [6.07, 6.45) is 4.76. The van der Waals surface area contributed by atoms with Crippen LogP contribution in [0.15, 0.2) is 24.3 Å². The number of hydrogen-bond acceptors (Lipinski definition) is 3. The first-order valence-electron chi connectivity index (χ1n) is 8.46. The van der Waals surface area contributed by atoms with Crippen molar-refractivity contribution in [1.29, 1.82) is 0 Å². The molecule has 0 aliphatic carbocycles. The smallest absolute Gasteiger partial charge is 0.223 e. The van der Waals surface area contributed by atoms with Crippen LogP contribution in [0.3, 0.4) is 0 Å². The fourth-order valence-electron chi connectivity index (χ4n) is 3.32. The number of halogens is 1. The largest absolute Gasteiger partial charge is 0.376 e. The van der Waals surface area contributed by atoms with Crippen molar-refractivity contribution in [2.75, 3.05) is 24.7 Å². The highest BCUT2D eigenvalue weighted by Gasteiger charge is 2.30. The predicted octanol–water partition coefficient (Wildman–Crippen LogP) is 3.79. The van der Waals surface area contributed by atoms with Crippen molar-refractivity contribution in [2.24, 2.45) is 0 Å². The Morgan fingerprint density at radius 1 is 1.35 bits per heavy atom. The Kier molecular flexibility index (Phi) is 6.26. The molecule has 2 fully saturated rings. The summed E-state index contributed by atoms with van der Waals surface area (Å²) in [6, 6.07) is 8.17. The van der Waals surface area contributed by atoms with E-state index in [9.17, 15) is 4.79 Å². The van der Waals surface area contributed by atoms with E-state index in [-0.39, 0.29) is 12.0 Å². The maximum absolute atomic E-state index is 12.8. The van der Waals surface area contributed by atoms with Crippen LogP contribution in [-0.4, -0.2) is 47.6 Å². The fraction of sp³-hybridized carbons (Fsp3) is 0.611. The van der Waals surface area contributed by atoms with Gasteiger partial charge >= 0.3 is 0 Å². The van der Waals surface area contributed by atoms with Crippen molar-refractivity contribution in [2.45, 2.75) is 44.2 Å². The van der Waals surface area contributed by atoms with Crippen molar-refractivity contribution in [3.05, 3.63) is 34.9 Å². The molecule has 3 nitrogen and oxygen atoms in total. The van der Waals surface area contributed by atoms with Gasteiger partial charge in [-0.25, -0.2) is 0 Å². The third kappa shape index (κ3) is 4.65.